The predicted molar refractivity (Wildman–Crippen MR) is 122 cm³/mol. The van der Waals surface area contributed by atoms with Gasteiger partial charge in [-0.15, -0.1) is 0 Å². The molecule has 33 heavy (non-hydrogen) atoms. The first-order chi connectivity index (χ1) is 15.3. The Morgan fingerprint density at radius 2 is 1.64 bits per heavy atom. The minimum atomic E-state index is -4.10. The molecule has 0 radical (unpaired) electrons. The van der Waals surface area contributed by atoms with Crippen LogP contribution in [0.2, 0.25) is 0 Å². The number of urea groups is 1. The van der Waals surface area contributed by atoms with Crippen LogP contribution in [0.4, 0.5) is 10.5 Å². The number of nitrogens with one attached hydrogen (secondary N) is 3. The number of rotatable bonds is 7. The van der Waals surface area contributed by atoms with Crippen LogP contribution in [0.25, 0.3) is 0 Å². The number of ether oxygens (including phenoxy) is 2. The van der Waals surface area contributed by atoms with Gasteiger partial charge in [-0.1, -0.05) is 17.7 Å². The Morgan fingerprint density at radius 3 is 2.21 bits per heavy atom. The Balaban J connectivity index is 2.12. The van der Waals surface area contributed by atoms with E-state index in [9.17, 15) is 22.8 Å². The zero-order chi connectivity index (χ0) is 24.8. The number of hydrogen-bond donors (Lipinski definition) is 3. The fourth-order valence-electron chi connectivity index (χ4n) is 2.59. The van der Waals surface area contributed by atoms with Gasteiger partial charge in [0.25, 0.3) is 15.9 Å². The van der Waals surface area contributed by atoms with Crippen molar-refractivity contribution in [1.82, 2.24) is 10.6 Å². The molecule has 0 bridgehead atoms. The second-order valence-corrected chi connectivity index (χ2v) is 9.82. The molecular weight excluding hydrogens is 450 g/mol. The smallest absolute Gasteiger partial charge is 0.338 e. The van der Waals surface area contributed by atoms with Crippen molar-refractivity contribution >= 4 is 33.6 Å². The highest BCUT2D eigenvalue weighted by Gasteiger charge is 2.23. The fraction of sp³-hybridized carbons (Fsp3) is 0.318. The van der Waals surface area contributed by atoms with Crippen molar-refractivity contribution in [3.05, 3.63) is 53.6 Å². The molecule has 0 aliphatic rings. The molecule has 0 fully saturated rings. The largest absolute Gasteiger partial charge is 0.495 e. The van der Waals surface area contributed by atoms with E-state index >= 15 is 0 Å². The molecule has 0 saturated heterocycles. The van der Waals surface area contributed by atoms with Crippen LogP contribution in [0, 0.1) is 6.92 Å². The van der Waals surface area contributed by atoms with Crippen LogP contribution in [0.15, 0.2) is 47.4 Å². The van der Waals surface area contributed by atoms with Crippen molar-refractivity contribution in [2.45, 2.75) is 38.1 Å². The number of carbonyl (C=O) groups is 3. The van der Waals surface area contributed by atoms with Crippen LogP contribution >= 0.6 is 0 Å². The van der Waals surface area contributed by atoms with E-state index in [2.05, 4.69) is 10.0 Å². The molecule has 0 unspecified atom stereocenters. The first kappa shape index (κ1) is 25.7. The summed E-state index contributed by atoms with van der Waals surface area (Å²) < 4.78 is 38.2. The minimum Gasteiger partial charge on any atom is -0.495 e. The van der Waals surface area contributed by atoms with Crippen molar-refractivity contribution < 1.29 is 32.3 Å². The van der Waals surface area contributed by atoms with Crippen molar-refractivity contribution in [3.8, 4) is 5.75 Å². The van der Waals surface area contributed by atoms with Crippen molar-refractivity contribution in [1.29, 1.82) is 0 Å². The van der Waals surface area contributed by atoms with Gasteiger partial charge in [0, 0.05) is 11.2 Å². The Labute approximate surface area is 192 Å². The topological polar surface area (TPSA) is 140 Å². The minimum absolute atomic E-state index is 0.0164. The summed E-state index contributed by atoms with van der Waals surface area (Å²) in [5.74, 6) is -1.77. The lowest BCUT2D eigenvalue weighted by molar-refractivity contribution is -0.123. The van der Waals surface area contributed by atoms with E-state index in [0.717, 1.165) is 11.6 Å². The van der Waals surface area contributed by atoms with Gasteiger partial charge < -0.3 is 14.8 Å². The van der Waals surface area contributed by atoms with E-state index in [0.29, 0.717) is 5.69 Å². The maximum absolute atomic E-state index is 12.9. The summed E-state index contributed by atoms with van der Waals surface area (Å²) in [6.07, 6.45) is 0. The number of anilines is 1. The summed E-state index contributed by atoms with van der Waals surface area (Å²) in [5.41, 5.74) is 0.617. The van der Waals surface area contributed by atoms with Crippen LogP contribution < -0.4 is 20.1 Å². The van der Waals surface area contributed by atoms with Gasteiger partial charge in [-0.05, 0) is 58.0 Å². The van der Waals surface area contributed by atoms with Gasteiger partial charge in [0.1, 0.15) is 10.6 Å². The lowest BCUT2D eigenvalue weighted by Gasteiger charge is -2.20. The first-order valence-electron chi connectivity index (χ1n) is 9.87. The van der Waals surface area contributed by atoms with Crippen LogP contribution in [0.1, 0.15) is 36.7 Å². The zero-order valence-corrected chi connectivity index (χ0v) is 19.8. The lowest BCUT2D eigenvalue weighted by Crippen LogP contribution is -2.49. The third-order valence-electron chi connectivity index (χ3n) is 4.07. The highest BCUT2D eigenvalue weighted by Crippen LogP contribution is 2.27. The number of aryl methyl sites for hydroxylation is 1. The number of methoxy groups -OCH3 is 1. The third-order valence-corrected chi connectivity index (χ3v) is 5.47. The number of amides is 3. The molecule has 0 saturated carbocycles. The highest BCUT2D eigenvalue weighted by molar-refractivity contribution is 7.92. The van der Waals surface area contributed by atoms with Crippen molar-refractivity contribution in [3.63, 3.8) is 0 Å². The molecular formula is C22H27N3O7S. The molecule has 11 heteroatoms. The van der Waals surface area contributed by atoms with Crippen LogP contribution in [-0.2, 0) is 19.6 Å². The SMILES string of the molecule is COc1ccc(C(=O)OCC(=O)NC(=O)NC(C)(C)C)cc1S(=O)(=O)Nc1ccc(C)cc1. The average Bonchev–Trinajstić information content (AvgIpc) is 2.71. The summed E-state index contributed by atoms with van der Waals surface area (Å²) in [5, 5.41) is 4.57. The van der Waals surface area contributed by atoms with Crippen LogP contribution in [-0.4, -0.2) is 45.6 Å². The Bertz CT molecular complexity index is 1140. The molecule has 3 N–H and O–H groups in total. The van der Waals surface area contributed by atoms with Gasteiger partial charge in [0.05, 0.1) is 12.7 Å². The summed E-state index contributed by atoms with van der Waals surface area (Å²) in [6.45, 7) is 6.35. The highest BCUT2D eigenvalue weighted by atomic mass is 32.2. The summed E-state index contributed by atoms with van der Waals surface area (Å²) in [6, 6.07) is 9.65. The summed E-state index contributed by atoms with van der Waals surface area (Å²) in [7, 11) is -2.81. The lowest BCUT2D eigenvalue weighted by atomic mass is 10.1. The van der Waals surface area contributed by atoms with Gasteiger partial charge in [0.15, 0.2) is 6.61 Å². The maximum Gasteiger partial charge on any atom is 0.338 e. The Kier molecular flexibility index (Phi) is 8.04. The number of hydrogen-bond acceptors (Lipinski definition) is 7. The van der Waals surface area contributed by atoms with Crippen LogP contribution in [0.3, 0.4) is 0 Å². The van der Waals surface area contributed by atoms with Gasteiger partial charge in [0.2, 0.25) is 0 Å². The maximum atomic E-state index is 12.9. The van der Waals surface area contributed by atoms with E-state index in [1.807, 2.05) is 12.2 Å². The van der Waals surface area contributed by atoms with E-state index in [1.54, 1.807) is 45.0 Å². The first-order valence-corrected chi connectivity index (χ1v) is 11.4. The van der Waals surface area contributed by atoms with Gasteiger partial charge in [-0.2, -0.15) is 0 Å². The Hall–Kier alpha value is -3.60. The quantitative estimate of drug-likeness (QED) is 0.521. The predicted octanol–water partition coefficient (Wildman–Crippen LogP) is 2.59. The number of sulfonamides is 1. The molecule has 2 aromatic carbocycles. The van der Waals surface area contributed by atoms with Gasteiger partial charge in [-0.25, -0.2) is 18.0 Å². The number of benzene rings is 2. The van der Waals surface area contributed by atoms with E-state index in [4.69, 9.17) is 9.47 Å². The molecule has 0 atom stereocenters. The molecule has 3 amide bonds. The van der Waals surface area contributed by atoms with E-state index in [-0.39, 0.29) is 16.2 Å². The molecule has 178 valence electrons. The molecule has 10 nitrogen and oxygen atoms in total. The zero-order valence-electron chi connectivity index (χ0n) is 19.0. The second-order valence-electron chi connectivity index (χ2n) is 8.17. The number of carbonyl (C=O) groups excluding carboxylic acids is 3. The molecule has 2 rings (SSSR count). The Morgan fingerprint density at radius 1 is 1.00 bits per heavy atom. The molecule has 0 aromatic heterocycles. The molecule has 0 aliphatic heterocycles. The molecule has 0 spiro atoms. The standard InChI is InChI=1S/C22H27N3O7S/c1-14-6-9-16(10-7-14)25-33(29,30)18-12-15(8-11-17(18)31-5)20(27)32-13-19(26)23-21(28)24-22(2,3)4/h6-12,25H,13H2,1-5H3,(H2,23,24,26,28). The van der Waals surface area contributed by atoms with Gasteiger partial charge >= 0.3 is 12.0 Å². The van der Waals surface area contributed by atoms with Gasteiger partial charge in [-0.3, -0.25) is 14.8 Å². The summed E-state index contributed by atoms with van der Waals surface area (Å²) >= 11 is 0. The second kappa shape index (κ2) is 10.3. The number of imide groups is 1. The fourth-order valence-corrected chi connectivity index (χ4v) is 3.85. The van der Waals surface area contributed by atoms with E-state index < -0.39 is 40.1 Å². The van der Waals surface area contributed by atoms with E-state index in [1.165, 1.54) is 19.2 Å². The molecule has 2 aromatic rings. The van der Waals surface area contributed by atoms with Crippen molar-refractivity contribution in [2.24, 2.45) is 0 Å². The average molecular weight is 478 g/mol. The monoisotopic (exact) mass is 477 g/mol. The number of esters is 1. The normalized spacial score (nSPS) is 11.3. The summed E-state index contributed by atoms with van der Waals surface area (Å²) in [4.78, 5) is 35.7. The van der Waals surface area contributed by atoms with Crippen molar-refractivity contribution in [2.75, 3.05) is 18.4 Å². The van der Waals surface area contributed by atoms with Crippen LogP contribution in [0.5, 0.6) is 5.75 Å². The molecule has 0 aliphatic carbocycles. The molecule has 0 heterocycles. The third kappa shape index (κ3) is 7.79.